The molecule has 0 saturated heterocycles. The van der Waals surface area contributed by atoms with E-state index in [1.54, 1.807) is 0 Å². The van der Waals surface area contributed by atoms with Gasteiger partial charge in [0, 0.05) is 0 Å². The molecular weight excluding hydrogens is 310 g/mol. The molecule has 1 saturated carbocycles. The molecule has 2 aliphatic rings. The van der Waals surface area contributed by atoms with Gasteiger partial charge in [-0.15, -0.1) is 0 Å². The molecule has 0 aromatic rings. The Morgan fingerprint density at radius 1 is 1.39 bits per heavy atom. The molecule has 0 radical (unpaired) electrons. The summed E-state index contributed by atoms with van der Waals surface area (Å²) in [6.07, 6.45) is 2.37. The number of carbonyl (C=O) groups is 1. The van der Waals surface area contributed by atoms with Crippen LogP contribution in [0.15, 0.2) is 11.6 Å². The fourth-order valence-corrected chi connectivity index (χ4v) is 7.02. The van der Waals surface area contributed by atoms with E-state index in [0.717, 1.165) is 24.5 Å². The van der Waals surface area contributed by atoms with E-state index in [9.17, 15) is 15.0 Å². The van der Waals surface area contributed by atoms with Gasteiger partial charge >= 0.3 is 6.09 Å². The zero-order chi connectivity index (χ0) is 17.4. The Kier molecular flexibility index (Phi) is 5.28. The first-order valence-electron chi connectivity index (χ1n) is 8.52. The summed E-state index contributed by atoms with van der Waals surface area (Å²) in [5.41, 5.74) is 1.27. The average molecular weight is 342 g/mol. The molecule has 2 N–H and O–H groups in total. The van der Waals surface area contributed by atoms with Crippen LogP contribution >= 0.6 is 0 Å². The molecule has 1 aliphatic heterocycles. The van der Waals surface area contributed by atoms with Crippen molar-refractivity contribution in [3.05, 3.63) is 11.6 Å². The van der Waals surface area contributed by atoms with Gasteiger partial charge in [0.2, 0.25) is 0 Å². The smallest absolute Gasteiger partial charge is 0.407 e. The maximum Gasteiger partial charge on any atom is 0.407 e. The van der Waals surface area contributed by atoms with Crippen LogP contribution < -0.4 is 0 Å². The fourth-order valence-electron chi connectivity index (χ4n) is 3.75. The van der Waals surface area contributed by atoms with Crippen molar-refractivity contribution in [1.29, 1.82) is 0 Å². The third-order valence-corrected chi connectivity index (χ3v) is 7.27. The van der Waals surface area contributed by atoms with Crippen LogP contribution in [-0.4, -0.2) is 54.8 Å². The topological polar surface area (TPSA) is 70.0 Å². The molecular formula is C17H31NO4Si. The Balaban J connectivity index is 2.10. The molecule has 1 heterocycles. The van der Waals surface area contributed by atoms with E-state index in [2.05, 4.69) is 33.9 Å². The molecule has 2 unspecified atom stereocenters. The molecule has 5 nitrogen and oxygen atoms in total. The van der Waals surface area contributed by atoms with Crippen LogP contribution in [0.2, 0.25) is 19.1 Å². The third-order valence-electron chi connectivity index (χ3n) is 4.41. The van der Waals surface area contributed by atoms with Crippen molar-refractivity contribution >= 4 is 14.4 Å². The van der Waals surface area contributed by atoms with Gasteiger partial charge in [-0.2, -0.15) is 0 Å². The predicted octanol–water partition coefficient (Wildman–Crippen LogP) is 3.31. The van der Waals surface area contributed by atoms with E-state index < -0.39 is 20.5 Å². The summed E-state index contributed by atoms with van der Waals surface area (Å²) < 4.78 is 6.28. The molecule has 1 fully saturated rings. The molecule has 0 aromatic heterocycles. The summed E-state index contributed by atoms with van der Waals surface area (Å²) in [7, 11) is -1.86. The van der Waals surface area contributed by atoms with Crippen LogP contribution in [0, 0.1) is 11.3 Å². The highest BCUT2D eigenvalue weighted by Gasteiger charge is 2.41. The first kappa shape index (κ1) is 18.5. The Hall–Kier alpha value is -0.853. The second-order valence-corrected chi connectivity index (χ2v) is 12.9. The molecule has 1 amide bonds. The minimum Gasteiger partial charge on any atom is -0.465 e. The lowest BCUT2D eigenvalue weighted by Gasteiger charge is -2.39. The van der Waals surface area contributed by atoms with Crippen LogP contribution in [0.4, 0.5) is 4.79 Å². The van der Waals surface area contributed by atoms with Crippen molar-refractivity contribution in [3.63, 3.8) is 0 Å². The van der Waals surface area contributed by atoms with Crippen molar-refractivity contribution in [1.82, 2.24) is 4.90 Å². The molecule has 1 aliphatic carbocycles. The van der Waals surface area contributed by atoms with E-state index in [-0.39, 0.29) is 18.0 Å². The van der Waals surface area contributed by atoms with Gasteiger partial charge in [0.15, 0.2) is 8.32 Å². The lowest BCUT2D eigenvalue weighted by atomic mass is 9.95. The molecule has 132 valence electrons. The Bertz CT molecular complexity index is 479. The Morgan fingerprint density at radius 3 is 2.48 bits per heavy atom. The summed E-state index contributed by atoms with van der Waals surface area (Å²) in [6.45, 7) is 11.6. The molecule has 23 heavy (non-hydrogen) atoms. The van der Waals surface area contributed by atoms with Crippen molar-refractivity contribution in [2.75, 3.05) is 13.2 Å². The first-order valence-corrected chi connectivity index (χ1v) is 11.6. The van der Waals surface area contributed by atoms with Gasteiger partial charge in [-0.25, -0.2) is 4.79 Å². The van der Waals surface area contributed by atoms with Gasteiger partial charge in [-0.3, -0.25) is 4.90 Å². The Morgan fingerprint density at radius 2 is 2.00 bits per heavy atom. The number of carboxylic acid groups (broad SMARTS) is 1. The van der Waals surface area contributed by atoms with E-state index in [1.807, 2.05) is 6.08 Å². The molecule has 0 spiro atoms. The van der Waals surface area contributed by atoms with E-state index in [4.69, 9.17) is 4.43 Å². The van der Waals surface area contributed by atoms with Gasteiger partial charge in [0.1, 0.15) is 0 Å². The van der Waals surface area contributed by atoms with Crippen molar-refractivity contribution in [2.45, 2.75) is 64.9 Å². The summed E-state index contributed by atoms with van der Waals surface area (Å²) >= 11 is 0. The average Bonchev–Trinajstić information content (AvgIpc) is 3.17. The zero-order valence-electron chi connectivity index (χ0n) is 15.0. The third kappa shape index (κ3) is 5.33. The van der Waals surface area contributed by atoms with Crippen molar-refractivity contribution in [2.24, 2.45) is 11.3 Å². The molecule has 0 bridgehead atoms. The zero-order valence-corrected chi connectivity index (χ0v) is 16.0. The van der Waals surface area contributed by atoms with Gasteiger partial charge < -0.3 is 14.6 Å². The number of hydrogen-bond acceptors (Lipinski definition) is 3. The van der Waals surface area contributed by atoms with Gasteiger partial charge in [-0.05, 0) is 48.9 Å². The summed E-state index contributed by atoms with van der Waals surface area (Å²) in [5.74, 6) is 0.424. The second kappa shape index (κ2) is 6.57. The van der Waals surface area contributed by atoms with Crippen LogP contribution in [0.1, 0.15) is 33.6 Å². The maximum absolute atomic E-state index is 11.6. The van der Waals surface area contributed by atoms with Gasteiger partial charge in [0.25, 0.3) is 0 Å². The van der Waals surface area contributed by atoms with Crippen LogP contribution in [0.5, 0.6) is 0 Å². The normalized spacial score (nSPS) is 26.2. The lowest BCUT2D eigenvalue weighted by molar-refractivity contribution is 0.0718. The number of β-amino-alcohol motifs (C(OH)–C–C–N with tert-alkyl or cyclic N) is 1. The van der Waals surface area contributed by atoms with Gasteiger partial charge in [-0.1, -0.05) is 26.8 Å². The highest BCUT2D eigenvalue weighted by Crippen LogP contribution is 2.41. The second-order valence-electron chi connectivity index (χ2n) is 8.77. The molecule has 0 aromatic carbocycles. The minimum absolute atomic E-state index is 0.140. The number of amides is 1. The van der Waals surface area contributed by atoms with E-state index >= 15 is 0 Å². The van der Waals surface area contributed by atoms with Crippen LogP contribution in [-0.2, 0) is 4.43 Å². The maximum atomic E-state index is 11.6. The first-order chi connectivity index (χ1) is 10.5. The molecule has 2 rings (SSSR count). The molecule has 6 heteroatoms. The Labute approximate surface area is 140 Å². The number of aliphatic hydroxyl groups is 1. The van der Waals surface area contributed by atoms with E-state index in [0.29, 0.717) is 12.5 Å². The van der Waals surface area contributed by atoms with Crippen molar-refractivity contribution in [3.8, 4) is 0 Å². The quantitative estimate of drug-likeness (QED) is 0.594. The highest BCUT2D eigenvalue weighted by atomic mass is 28.4. The fraction of sp³-hybridized carbons (Fsp3) is 0.824. The van der Waals surface area contributed by atoms with E-state index in [1.165, 1.54) is 4.90 Å². The monoisotopic (exact) mass is 341 g/mol. The van der Waals surface area contributed by atoms with Crippen molar-refractivity contribution < 1.29 is 19.4 Å². The number of nitrogens with zero attached hydrogens (tertiary/aromatic N) is 1. The number of hydrogen-bond donors (Lipinski definition) is 2. The van der Waals surface area contributed by atoms with Gasteiger partial charge in [0.05, 0.1) is 25.3 Å². The number of rotatable bonds is 5. The highest BCUT2D eigenvalue weighted by molar-refractivity contribution is 6.71. The lowest BCUT2D eigenvalue weighted by Crippen LogP contribution is -2.52. The SMILES string of the molecule is CC(C)(C)C[Si](C)(C)OCC1C(C2CC2)=CC(O)CN1C(=O)O. The van der Waals surface area contributed by atoms with Crippen LogP contribution in [0.25, 0.3) is 0 Å². The summed E-state index contributed by atoms with van der Waals surface area (Å²) in [4.78, 5) is 13.0. The summed E-state index contributed by atoms with van der Waals surface area (Å²) in [6, 6.07) is 0.792. The number of aliphatic hydroxyl groups excluding tert-OH is 1. The predicted molar refractivity (Wildman–Crippen MR) is 93.0 cm³/mol. The largest absolute Gasteiger partial charge is 0.465 e. The van der Waals surface area contributed by atoms with Crippen LogP contribution in [0.3, 0.4) is 0 Å². The minimum atomic E-state index is -1.86. The standard InChI is InChI=1S/C17H31NO4Si/c1-17(2,3)11-23(4,5)22-10-15-14(12-6-7-12)8-13(19)9-18(15)16(20)21/h8,12-13,15,19H,6-7,9-11H2,1-5H3,(H,20,21). The molecule has 2 atom stereocenters. The summed E-state index contributed by atoms with van der Waals surface area (Å²) in [5, 5.41) is 19.5.